The topological polar surface area (TPSA) is 95.1 Å². The molecule has 27 heavy (non-hydrogen) atoms. The van der Waals surface area contributed by atoms with E-state index in [-0.39, 0.29) is 17.9 Å². The van der Waals surface area contributed by atoms with Crippen LogP contribution in [0.2, 0.25) is 0 Å². The van der Waals surface area contributed by atoms with Gasteiger partial charge in [-0.2, -0.15) is 27.8 Å². The van der Waals surface area contributed by atoms with Crippen LogP contribution in [0.15, 0.2) is 41.3 Å². The van der Waals surface area contributed by atoms with E-state index < -0.39 is 11.7 Å². The zero-order chi connectivity index (χ0) is 19.2. The van der Waals surface area contributed by atoms with E-state index in [0.29, 0.717) is 28.5 Å². The first-order chi connectivity index (χ1) is 12.8. The number of hydrogen-bond acceptors (Lipinski definition) is 6. The summed E-state index contributed by atoms with van der Waals surface area (Å²) < 4.78 is 46.5. The number of furan rings is 1. The Kier molecular flexibility index (Phi) is 3.83. The molecule has 0 radical (unpaired) electrons. The number of nitrogens with zero attached hydrogens (tertiary/aromatic N) is 5. The van der Waals surface area contributed by atoms with Crippen molar-refractivity contribution in [2.75, 3.05) is 5.73 Å². The Balaban J connectivity index is 1.81. The molecule has 0 bridgehead atoms. The molecule has 4 heterocycles. The van der Waals surface area contributed by atoms with Gasteiger partial charge in [-0.25, -0.2) is 9.97 Å². The standard InChI is InChI=1S/C17H13F3N6O/c1-9-11(15(21)26-16(24-9)22-8-23-26)7-10-4-5-12(17(18,19)20)14(25-10)13-3-2-6-27-13/h2-6,8H,7,21H2,1H3. The summed E-state index contributed by atoms with van der Waals surface area (Å²) >= 11 is 0. The zero-order valence-corrected chi connectivity index (χ0v) is 14.0. The molecule has 138 valence electrons. The first-order valence-corrected chi connectivity index (χ1v) is 7.90. The molecular formula is C17H13F3N6O. The Hall–Kier alpha value is -3.43. The van der Waals surface area contributed by atoms with Crippen molar-refractivity contribution in [2.24, 2.45) is 0 Å². The minimum atomic E-state index is -4.55. The molecule has 4 rings (SSSR count). The van der Waals surface area contributed by atoms with Crippen LogP contribution in [-0.4, -0.2) is 24.6 Å². The van der Waals surface area contributed by atoms with Crippen molar-refractivity contribution >= 4 is 11.6 Å². The van der Waals surface area contributed by atoms with E-state index in [1.54, 1.807) is 6.92 Å². The van der Waals surface area contributed by atoms with Crippen LogP contribution in [0.3, 0.4) is 0 Å². The highest BCUT2D eigenvalue weighted by Gasteiger charge is 2.35. The van der Waals surface area contributed by atoms with Crippen molar-refractivity contribution in [3.63, 3.8) is 0 Å². The smallest absolute Gasteiger partial charge is 0.418 e. The largest absolute Gasteiger partial charge is 0.463 e. The molecule has 0 aliphatic heterocycles. The van der Waals surface area contributed by atoms with Crippen LogP contribution in [0, 0.1) is 6.92 Å². The summed E-state index contributed by atoms with van der Waals surface area (Å²) in [7, 11) is 0. The number of aromatic nitrogens is 5. The van der Waals surface area contributed by atoms with Gasteiger partial charge in [0, 0.05) is 23.4 Å². The van der Waals surface area contributed by atoms with Crippen LogP contribution in [0.5, 0.6) is 0 Å². The van der Waals surface area contributed by atoms with Crippen molar-refractivity contribution in [2.45, 2.75) is 19.5 Å². The molecule has 0 spiro atoms. The summed E-state index contributed by atoms with van der Waals surface area (Å²) in [6, 6.07) is 5.26. The van der Waals surface area contributed by atoms with Crippen molar-refractivity contribution < 1.29 is 17.6 Å². The predicted octanol–water partition coefficient (Wildman–Crippen LogP) is 3.28. The quantitative estimate of drug-likeness (QED) is 0.591. The number of anilines is 1. The summed E-state index contributed by atoms with van der Waals surface area (Å²) in [4.78, 5) is 12.5. The monoisotopic (exact) mass is 374 g/mol. The van der Waals surface area contributed by atoms with Gasteiger partial charge < -0.3 is 10.2 Å². The molecule has 7 nitrogen and oxygen atoms in total. The number of rotatable bonds is 3. The first-order valence-electron chi connectivity index (χ1n) is 7.90. The summed E-state index contributed by atoms with van der Waals surface area (Å²) in [5.74, 6) is 0.709. The summed E-state index contributed by atoms with van der Waals surface area (Å²) in [5, 5.41) is 4.00. The van der Waals surface area contributed by atoms with Crippen LogP contribution in [0.25, 0.3) is 17.2 Å². The normalized spacial score (nSPS) is 12.0. The molecule has 0 aliphatic carbocycles. The summed E-state index contributed by atoms with van der Waals surface area (Å²) in [5.41, 5.74) is 6.62. The van der Waals surface area contributed by atoms with E-state index in [4.69, 9.17) is 10.2 Å². The maximum Gasteiger partial charge on any atom is 0.418 e. The lowest BCUT2D eigenvalue weighted by Gasteiger charge is -2.13. The minimum absolute atomic E-state index is 0.0405. The Morgan fingerprint density at radius 3 is 2.70 bits per heavy atom. The molecule has 0 saturated carbocycles. The predicted molar refractivity (Wildman–Crippen MR) is 89.7 cm³/mol. The maximum atomic E-state index is 13.3. The summed E-state index contributed by atoms with van der Waals surface area (Å²) in [6.45, 7) is 1.75. The average Bonchev–Trinajstić information content (AvgIpc) is 3.29. The lowest BCUT2D eigenvalue weighted by Crippen LogP contribution is -2.12. The highest BCUT2D eigenvalue weighted by atomic mass is 19.4. The highest BCUT2D eigenvalue weighted by molar-refractivity contribution is 5.59. The van der Waals surface area contributed by atoms with E-state index in [0.717, 1.165) is 6.07 Å². The molecular weight excluding hydrogens is 361 g/mol. The number of fused-ring (bicyclic) bond motifs is 1. The van der Waals surface area contributed by atoms with Crippen molar-refractivity contribution in [3.8, 4) is 11.5 Å². The van der Waals surface area contributed by atoms with E-state index in [9.17, 15) is 13.2 Å². The van der Waals surface area contributed by atoms with Gasteiger partial charge in [0.15, 0.2) is 5.76 Å². The van der Waals surface area contributed by atoms with E-state index >= 15 is 0 Å². The number of hydrogen-bond donors (Lipinski definition) is 1. The summed E-state index contributed by atoms with van der Waals surface area (Å²) in [6.07, 6.45) is -1.74. The number of alkyl halides is 3. The number of pyridine rings is 1. The van der Waals surface area contributed by atoms with Gasteiger partial charge in [0.2, 0.25) is 0 Å². The lowest BCUT2D eigenvalue weighted by molar-refractivity contribution is -0.137. The first kappa shape index (κ1) is 17.0. The van der Waals surface area contributed by atoms with Gasteiger partial charge in [-0.05, 0) is 31.2 Å². The molecule has 2 N–H and O–H groups in total. The van der Waals surface area contributed by atoms with Gasteiger partial charge in [0.05, 0.1) is 11.8 Å². The second kappa shape index (κ2) is 6.08. The van der Waals surface area contributed by atoms with Crippen LogP contribution < -0.4 is 5.73 Å². The molecule has 0 amide bonds. The molecule has 0 aromatic carbocycles. The van der Waals surface area contributed by atoms with Crippen molar-refractivity contribution in [1.29, 1.82) is 0 Å². The fourth-order valence-electron chi connectivity index (χ4n) is 2.84. The average molecular weight is 374 g/mol. The van der Waals surface area contributed by atoms with E-state index in [2.05, 4.69) is 20.1 Å². The Morgan fingerprint density at radius 2 is 2.00 bits per heavy atom. The van der Waals surface area contributed by atoms with Crippen molar-refractivity contribution in [3.05, 3.63) is 59.4 Å². The van der Waals surface area contributed by atoms with E-state index in [1.807, 2.05) is 0 Å². The Labute approximate surface area is 150 Å². The molecule has 0 unspecified atom stereocenters. The maximum absolute atomic E-state index is 13.3. The van der Waals surface area contributed by atoms with Gasteiger partial charge in [-0.15, -0.1) is 0 Å². The number of halogens is 3. The lowest BCUT2D eigenvalue weighted by atomic mass is 10.1. The Bertz CT molecular complexity index is 1120. The van der Waals surface area contributed by atoms with Gasteiger partial charge in [-0.3, -0.25) is 0 Å². The molecule has 0 aliphatic rings. The van der Waals surface area contributed by atoms with Gasteiger partial charge >= 0.3 is 6.18 Å². The van der Waals surface area contributed by atoms with Gasteiger partial charge in [-0.1, -0.05) is 0 Å². The number of nitrogen functional groups attached to an aromatic ring is 1. The third kappa shape index (κ3) is 2.98. The van der Waals surface area contributed by atoms with Gasteiger partial charge in [0.1, 0.15) is 17.8 Å². The SMILES string of the molecule is Cc1nc2ncnn2c(N)c1Cc1ccc(C(F)(F)F)c(-c2ccco2)n1. The third-order valence-electron chi connectivity index (χ3n) is 4.14. The fourth-order valence-corrected chi connectivity index (χ4v) is 2.84. The van der Waals surface area contributed by atoms with Crippen LogP contribution >= 0.6 is 0 Å². The molecule has 10 heteroatoms. The number of aryl methyl sites for hydroxylation is 1. The second-order valence-corrected chi connectivity index (χ2v) is 5.88. The minimum Gasteiger partial charge on any atom is -0.463 e. The third-order valence-corrected chi connectivity index (χ3v) is 4.14. The number of nitrogens with two attached hydrogens (primary N) is 1. The van der Waals surface area contributed by atoms with E-state index in [1.165, 1.54) is 35.3 Å². The van der Waals surface area contributed by atoms with Crippen LogP contribution in [0.1, 0.15) is 22.5 Å². The zero-order valence-electron chi connectivity index (χ0n) is 14.0. The molecule has 4 aromatic rings. The molecule has 0 fully saturated rings. The van der Waals surface area contributed by atoms with Crippen LogP contribution in [-0.2, 0) is 12.6 Å². The van der Waals surface area contributed by atoms with Crippen molar-refractivity contribution in [1.82, 2.24) is 24.6 Å². The molecule has 0 atom stereocenters. The molecule has 4 aromatic heterocycles. The Morgan fingerprint density at radius 1 is 1.19 bits per heavy atom. The fraction of sp³-hybridized carbons (Fsp3) is 0.176. The van der Waals surface area contributed by atoms with Gasteiger partial charge in [0.25, 0.3) is 5.78 Å². The highest BCUT2D eigenvalue weighted by Crippen LogP contribution is 2.36. The second-order valence-electron chi connectivity index (χ2n) is 5.88. The van der Waals surface area contributed by atoms with Crippen LogP contribution in [0.4, 0.5) is 19.0 Å². The molecule has 0 saturated heterocycles.